The van der Waals surface area contributed by atoms with Crippen molar-refractivity contribution in [3.05, 3.63) is 87.6 Å². The molecule has 0 spiro atoms. The Hall–Kier alpha value is -4.74. The summed E-state index contributed by atoms with van der Waals surface area (Å²) in [6.45, 7) is 7.21. The van der Waals surface area contributed by atoms with Gasteiger partial charge in [-0.3, -0.25) is 20.2 Å². The van der Waals surface area contributed by atoms with Gasteiger partial charge in [0.05, 0.1) is 21.7 Å². The number of benzene rings is 2. The van der Waals surface area contributed by atoms with Crippen LogP contribution < -0.4 is 5.32 Å². The van der Waals surface area contributed by atoms with Gasteiger partial charge in [0, 0.05) is 31.0 Å². The molecule has 1 saturated carbocycles. The van der Waals surface area contributed by atoms with Gasteiger partial charge in [-0.15, -0.1) is 0 Å². The van der Waals surface area contributed by atoms with Crippen molar-refractivity contribution in [2.75, 3.05) is 5.32 Å². The molecule has 1 aromatic heterocycles. The van der Waals surface area contributed by atoms with Gasteiger partial charge in [-0.2, -0.15) is 5.10 Å². The molecule has 0 saturated heterocycles. The van der Waals surface area contributed by atoms with Crippen LogP contribution >= 0.6 is 0 Å². The summed E-state index contributed by atoms with van der Waals surface area (Å²) in [7, 11) is 0. The Bertz CT molecular complexity index is 1410. The predicted octanol–water partition coefficient (Wildman–Crippen LogP) is 5.33. The van der Waals surface area contributed by atoms with Gasteiger partial charge in [-0.25, -0.2) is 14.3 Å². The molecule has 12 nitrogen and oxygen atoms in total. The fourth-order valence-electron chi connectivity index (χ4n) is 4.65. The Kier molecular flexibility index (Phi) is 8.70. The maximum absolute atomic E-state index is 12.8. The highest BCUT2D eigenvalue weighted by Crippen LogP contribution is 2.39. The normalized spacial score (nSPS) is 18.4. The Morgan fingerprint density at radius 3 is 2.24 bits per heavy atom. The third-order valence-corrected chi connectivity index (χ3v) is 6.56. The Morgan fingerprint density at radius 1 is 1.02 bits per heavy atom. The molecule has 1 N–H and O–H groups in total. The molecule has 12 heteroatoms. The zero-order valence-corrected chi connectivity index (χ0v) is 23.2. The van der Waals surface area contributed by atoms with E-state index in [0.717, 1.165) is 5.56 Å². The van der Waals surface area contributed by atoms with Crippen LogP contribution in [0, 0.1) is 10.1 Å². The highest BCUT2D eigenvalue weighted by atomic mass is 16.6. The Morgan fingerprint density at radius 2 is 1.66 bits per heavy atom. The number of carbonyl (C=O) groups is 3. The molecule has 3 atom stereocenters. The van der Waals surface area contributed by atoms with E-state index in [1.165, 1.54) is 31.2 Å². The second-order valence-electron chi connectivity index (χ2n) is 10.8. The van der Waals surface area contributed by atoms with Crippen molar-refractivity contribution in [1.29, 1.82) is 0 Å². The molecule has 3 aromatic rings. The van der Waals surface area contributed by atoms with Crippen LogP contribution in [-0.4, -0.2) is 44.9 Å². The topological polar surface area (TPSA) is 152 Å². The van der Waals surface area contributed by atoms with E-state index < -0.39 is 40.7 Å². The number of nitrogens with zero attached hydrogens (tertiary/aromatic N) is 3. The summed E-state index contributed by atoms with van der Waals surface area (Å²) in [5.74, 6) is -1.03. The number of hydrogen-bond acceptors (Lipinski definition) is 9. The second kappa shape index (κ2) is 12.2. The number of anilines is 1. The van der Waals surface area contributed by atoms with Gasteiger partial charge in [0.2, 0.25) is 0 Å². The molecule has 3 unspecified atom stereocenters. The average molecular weight is 565 g/mol. The summed E-state index contributed by atoms with van der Waals surface area (Å²) in [4.78, 5) is 47.6. The van der Waals surface area contributed by atoms with Gasteiger partial charge in [0.25, 0.3) is 5.69 Å². The average Bonchev–Trinajstić information content (AvgIpc) is 3.52. The minimum absolute atomic E-state index is 0.109. The lowest BCUT2D eigenvalue weighted by Gasteiger charge is -2.22. The second-order valence-corrected chi connectivity index (χ2v) is 10.8. The van der Waals surface area contributed by atoms with Crippen LogP contribution in [0.5, 0.6) is 0 Å². The van der Waals surface area contributed by atoms with Crippen LogP contribution in [0.3, 0.4) is 0 Å². The van der Waals surface area contributed by atoms with Gasteiger partial charge in [-0.05, 0) is 51.3 Å². The first kappa shape index (κ1) is 29.2. The molecule has 4 rings (SSSR count). The number of rotatable bonds is 8. The fourth-order valence-corrected chi connectivity index (χ4v) is 4.65. The van der Waals surface area contributed by atoms with Crippen LogP contribution in [0.15, 0.2) is 60.7 Å². The summed E-state index contributed by atoms with van der Waals surface area (Å²) in [5, 5.41) is 18.4. The number of nitro benzene ring substituents is 1. The number of aromatic nitrogens is 2. The molecule has 1 aliphatic carbocycles. The molecule has 1 fully saturated rings. The SMILES string of the molecule is CC(=O)OC1CC(c2cc(NC(=O)OCc3ccccc3)n(C(C)(C)C)n2)CC1OC(=O)c1ccc([N+](=O)[O-])cc1. The zero-order chi connectivity index (χ0) is 29.7. The third kappa shape index (κ3) is 7.47. The molecular formula is C29H32N4O8. The molecule has 2 aromatic carbocycles. The summed E-state index contributed by atoms with van der Waals surface area (Å²) in [6, 6.07) is 16.1. The van der Waals surface area contributed by atoms with Crippen LogP contribution in [0.1, 0.15) is 68.1 Å². The first-order valence-corrected chi connectivity index (χ1v) is 13.1. The largest absolute Gasteiger partial charge is 0.459 e. The monoisotopic (exact) mass is 564 g/mol. The molecule has 1 aliphatic rings. The van der Waals surface area contributed by atoms with Crippen LogP contribution in [-0.2, 0) is 31.2 Å². The van der Waals surface area contributed by atoms with E-state index in [4.69, 9.17) is 19.3 Å². The van der Waals surface area contributed by atoms with E-state index in [2.05, 4.69) is 5.32 Å². The summed E-state index contributed by atoms with van der Waals surface area (Å²) in [5.41, 5.74) is 0.977. The van der Waals surface area contributed by atoms with Crippen LogP contribution in [0.25, 0.3) is 0 Å². The quantitative estimate of drug-likeness (QED) is 0.166. The van der Waals surface area contributed by atoms with E-state index in [9.17, 15) is 24.5 Å². The highest BCUT2D eigenvalue weighted by Gasteiger charge is 2.41. The number of nitro groups is 1. The zero-order valence-electron chi connectivity index (χ0n) is 23.2. The molecule has 216 valence electrons. The van der Waals surface area contributed by atoms with Gasteiger partial charge in [-0.1, -0.05) is 30.3 Å². The number of nitrogens with one attached hydrogen (secondary N) is 1. The smallest absolute Gasteiger partial charge is 0.413 e. The number of esters is 2. The predicted molar refractivity (Wildman–Crippen MR) is 147 cm³/mol. The fraction of sp³-hybridized carbons (Fsp3) is 0.379. The van der Waals surface area contributed by atoms with Crippen molar-refractivity contribution in [2.24, 2.45) is 0 Å². The minimum atomic E-state index is -0.765. The van der Waals surface area contributed by atoms with Crippen molar-refractivity contribution in [3.63, 3.8) is 0 Å². The molecule has 1 heterocycles. The van der Waals surface area contributed by atoms with Gasteiger partial charge >= 0.3 is 18.0 Å². The van der Waals surface area contributed by atoms with Crippen LogP contribution in [0.2, 0.25) is 0 Å². The maximum Gasteiger partial charge on any atom is 0.413 e. The minimum Gasteiger partial charge on any atom is -0.459 e. The van der Waals surface area contributed by atoms with Crippen molar-refractivity contribution in [1.82, 2.24) is 9.78 Å². The first-order valence-electron chi connectivity index (χ1n) is 13.1. The van der Waals surface area contributed by atoms with E-state index in [1.54, 1.807) is 10.7 Å². The first-order chi connectivity index (χ1) is 19.4. The van der Waals surface area contributed by atoms with Gasteiger partial charge < -0.3 is 14.2 Å². The highest BCUT2D eigenvalue weighted by molar-refractivity contribution is 5.89. The van der Waals surface area contributed by atoms with Crippen molar-refractivity contribution < 1.29 is 33.5 Å². The van der Waals surface area contributed by atoms with Crippen LogP contribution in [0.4, 0.5) is 16.3 Å². The van der Waals surface area contributed by atoms with E-state index >= 15 is 0 Å². The third-order valence-electron chi connectivity index (χ3n) is 6.56. The summed E-state index contributed by atoms with van der Waals surface area (Å²) >= 11 is 0. The molecule has 0 radical (unpaired) electrons. The molecule has 0 bridgehead atoms. The Balaban J connectivity index is 1.50. The number of amides is 1. The van der Waals surface area contributed by atoms with E-state index in [0.29, 0.717) is 24.4 Å². The van der Waals surface area contributed by atoms with E-state index in [-0.39, 0.29) is 23.8 Å². The molecule has 1 amide bonds. The molecule has 0 aliphatic heterocycles. The lowest BCUT2D eigenvalue weighted by molar-refractivity contribution is -0.384. The molecular weight excluding hydrogens is 532 g/mol. The number of hydrogen-bond donors (Lipinski definition) is 1. The number of carbonyl (C=O) groups excluding carboxylic acids is 3. The number of ether oxygens (including phenoxy) is 3. The van der Waals surface area contributed by atoms with Gasteiger partial charge in [0.1, 0.15) is 24.6 Å². The lowest BCUT2D eigenvalue weighted by Crippen LogP contribution is -2.30. The Labute approximate surface area is 236 Å². The maximum atomic E-state index is 12.8. The van der Waals surface area contributed by atoms with Gasteiger partial charge in [0.15, 0.2) is 0 Å². The molecule has 41 heavy (non-hydrogen) atoms. The summed E-state index contributed by atoms with van der Waals surface area (Å²) in [6.07, 6.45) is -1.46. The summed E-state index contributed by atoms with van der Waals surface area (Å²) < 4.78 is 18.2. The van der Waals surface area contributed by atoms with Crippen molar-refractivity contribution >= 4 is 29.5 Å². The standard InChI is InChI=1S/C29H32N4O8/c1-18(34)40-24-14-21(15-25(24)41-27(35)20-10-12-22(13-11-20)33(37)38)23-16-26(32(31-23)29(2,3)4)30-28(36)39-17-19-8-6-5-7-9-19/h5-13,16,21,24-25H,14-15,17H2,1-4H3,(H,30,36). The number of non-ortho nitro benzene ring substituents is 1. The lowest BCUT2D eigenvalue weighted by atomic mass is 10.0. The van der Waals surface area contributed by atoms with Crippen molar-refractivity contribution in [3.8, 4) is 0 Å². The van der Waals surface area contributed by atoms with E-state index in [1.807, 2.05) is 51.1 Å². The van der Waals surface area contributed by atoms with Crippen molar-refractivity contribution in [2.45, 2.75) is 70.8 Å².